The van der Waals surface area contributed by atoms with Crippen LogP contribution in [0.15, 0.2) is 40.6 Å². The summed E-state index contributed by atoms with van der Waals surface area (Å²) in [5.41, 5.74) is 1.34. The van der Waals surface area contributed by atoms with Crippen LogP contribution in [0.25, 0.3) is 0 Å². The lowest BCUT2D eigenvalue weighted by Crippen LogP contribution is -2.72. The van der Waals surface area contributed by atoms with Crippen molar-refractivity contribution in [3.05, 3.63) is 46.2 Å². The molecule has 0 aliphatic carbocycles. The van der Waals surface area contributed by atoms with Gasteiger partial charge in [0.1, 0.15) is 4.90 Å². The molecule has 0 spiro atoms. The first-order valence-electron chi connectivity index (χ1n) is 7.54. The molecule has 0 saturated carbocycles. The first-order chi connectivity index (χ1) is 11.5. The zero-order valence-corrected chi connectivity index (χ0v) is 14.8. The number of rotatable bonds is 4. The van der Waals surface area contributed by atoms with Crippen LogP contribution < -0.4 is 15.0 Å². The van der Waals surface area contributed by atoms with Crippen LogP contribution in [0.4, 0.5) is 5.69 Å². The van der Waals surface area contributed by atoms with Crippen molar-refractivity contribution >= 4 is 38.8 Å². The maximum absolute atomic E-state index is 12.4. The summed E-state index contributed by atoms with van der Waals surface area (Å²) in [4.78, 5) is 16.0. The monoisotopic (exact) mass is 364 g/mol. The van der Waals surface area contributed by atoms with Crippen molar-refractivity contribution in [3.63, 3.8) is 0 Å². The third-order valence-corrected chi connectivity index (χ3v) is 6.07. The first kappa shape index (κ1) is 16.7. The van der Waals surface area contributed by atoms with Crippen LogP contribution in [-0.2, 0) is 10.0 Å². The Morgan fingerprint density at radius 3 is 2.79 bits per heavy atom. The van der Waals surface area contributed by atoms with Crippen molar-refractivity contribution in [2.75, 3.05) is 11.9 Å². The molecule has 0 fully saturated rings. The highest BCUT2D eigenvalue weighted by atomic mass is 32.2. The van der Waals surface area contributed by atoms with Crippen molar-refractivity contribution in [3.8, 4) is 0 Å². The normalized spacial score (nSPS) is 14.3. The molecule has 0 atom stereocenters. The van der Waals surface area contributed by atoms with E-state index in [2.05, 4.69) is 15.0 Å². The molecule has 1 aliphatic heterocycles. The van der Waals surface area contributed by atoms with E-state index in [0.29, 0.717) is 22.8 Å². The molecule has 6 nitrogen and oxygen atoms in total. The lowest BCUT2D eigenvalue weighted by molar-refractivity contribution is -0.448. The van der Waals surface area contributed by atoms with Crippen LogP contribution >= 0.6 is 11.3 Å². The summed E-state index contributed by atoms with van der Waals surface area (Å²) in [6.07, 6.45) is 1.60. The minimum Gasteiger partial charge on any atom is -0.321 e. The maximum atomic E-state index is 12.4. The minimum atomic E-state index is -3.66. The molecule has 0 unspecified atom stereocenters. The molecule has 3 N–H and O–H groups in total. The van der Waals surface area contributed by atoms with Crippen LogP contribution in [0.3, 0.4) is 0 Å². The second-order valence-electron chi connectivity index (χ2n) is 5.53. The summed E-state index contributed by atoms with van der Waals surface area (Å²) >= 11 is 1.35. The van der Waals surface area contributed by atoms with E-state index < -0.39 is 10.0 Å². The van der Waals surface area contributed by atoms with Crippen molar-refractivity contribution < 1.29 is 18.2 Å². The van der Waals surface area contributed by atoms with Gasteiger partial charge in [-0.25, -0.2) is 0 Å². The zero-order valence-electron chi connectivity index (χ0n) is 13.1. The number of carbonyl (C=O) groups excluding carboxylic acids is 1. The van der Waals surface area contributed by atoms with Crippen molar-refractivity contribution in [1.82, 2.24) is 4.72 Å². The van der Waals surface area contributed by atoms with E-state index in [1.54, 1.807) is 12.1 Å². The molecule has 1 aromatic heterocycles. The Morgan fingerprint density at radius 1 is 1.29 bits per heavy atom. The number of amidine groups is 1. The lowest BCUT2D eigenvalue weighted by atomic mass is 10.2. The van der Waals surface area contributed by atoms with E-state index in [1.165, 1.54) is 23.5 Å². The molecule has 2 aromatic rings. The average Bonchev–Trinajstić information content (AvgIpc) is 3.18. The van der Waals surface area contributed by atoms with E-state index in [0.717, 1.165) is 18.5 Å². The SMILES string of the molecule is Cc1ccsc1C(=O)Nc1cccc(S(=O)(=O)NC2=[NH+]CCC2)c1. The van der Waals surface area contributed by atoms with E-state index in [-0.39, 0.29) is 10.8 Å². The topological polar surface area (TPSA) is 89.2 Å². The molecule has 0 bridgehead atoms. The van der Waals surface area contributed by atoms with Crippen LogP contribution in [0.2, 0.25) is 0 Å². The van der Waals surface area contributed by atoms with Gasteiger partial charge in [-0.05, 0) is 48.6 Å². The largest absolute Gasteiger partial charge is 0.328 e. The van der Waals surface area contributed by atoms with E-state index in [1.807, 2.05) is 18.4 Å². The fraction of sp³-hybridized carbons (Fsp3) is 0.250. The summed E-state index contributed by atoms with van der Waals surface area (Å²) < 4.78 is 27.4. The number of aryl methyl sites for hydroxylation is 1. The lowest BCUT2D eigenvalue weighted by Gasteiger charge is -2.07. The van der Waals surface area contributed by atoms with Crippen molar-refractivity contribution in [1.29, 1.82) is 0 Å². The van der Waals surface area contributed by atoms with Crippen LogP contribution in [0.1, 0.15) is 28.1 Å². The van der Waals surface area contributed by atoms with Gasteiger partial charge in [0, 0.05) is 5.69 Å². The predicted molar refractivity (Wildman–Crippen MR) is 93.8 cm³/mol. The molecule has 0 radical (unpaired) electrons. The number of anilines is 1. The van der Waals surface area contributed by atoms with Gasteiger partial charge in [0.05, 0.1) is 17.8 Å². The van der Waals surface area contributed by atoms with Gasteiger partial charge in [-0.15, -0.1) is 11.3 Å². The van der Waals surface area contributed by atoms with E-state index >= 15 is 0 Å². The molecule has 3 rings (SSSR count). The number of thiophene rings is 1. The summed E-state index contributed by atoms with van der Waals surface area (Å²) in [5, 5.41) is 4.60. The Morgan fingerprint density at radius 2 is 2.12 bits per heavy atom. The Labute approximate surface area is 144 Å². The number of sulfonamides is 1. The maximum Gasteiger partial charge on any atom is 0.328 e. The molecule has 0 saturated heterocycles. The Bertz CT molecular complexity index is 901. The van der Waals surface area contributed by atoms with Gasteiger partial charge in [-0.1, -0.05) is 6.07 Å². The van der Waals surface area contributed by atoms with Gasteiger partial charge in [0.15, 0.2) is 0 Å². The van der Waals surface area contributed by atoms with Gasteiger partial charge >= 0.3 is 10.0 Å². The number of amides is 1. The van der Waals surface area contributed by atoms with E-state index in [4.69, 9.17) is 0 Å². The Balaban J connectivity index is 1.79. The quantitative estimate of drug-likeness (QED) is 0.752. The third-order valence-electron chi connectivity index (χ3n) is 3.67. The van der Waals surface area contributed by atoms with Gasteiger partial charge < -0.3 is 5.32 Å². The molecule has 2 heterocycles. The molecular weight excluding hydrogens is 346 g/mol. The second-order valence-corrected chi connectivity index (χ2v) is 8.13. The first-order valence-corrected chi connectivity index (χ1v) is 9.90. The van der Waals surface area contributed by atoms with Gasteiger partial charge in [0.2, 0.25) is 0 Å². The summed E-state index contributed by atoms with van der Waals surface area (Å²) in [6, 6.07) is 8.11. The smallest absolute Gasteiger partial charge is 0.321 e. The van der Waals surface area contributed by atoms with Crippen LogP contribution in [0, 0.1) is 6.92 Å². The summed E-state index contributed by atoms with van der Waals surface area (Å²) in [6.45, 7) is 2.64. The molecule has 24 heavy (non-hydrogen) atoms. The van der Waals surface area contributed by atoms with Crippen LogP contribution in [-0.4, -0.2) is 26.7 Å². The fourth-order valence-corrected chi connectivity index (χ4v) is 4.41. The number of hydrogen-bond donors (Lipinski definition) is 3. The average molecular weight is 364 g/mol. The van der Waals surface area contributed by atoms with Crippen molar-refractivity contribution in [2.45, 2.75) is 24.7 Å². The molecular formula is C16H18N3O3S2+. The Hall–Kier alpha value is -2.19. The minimum absolute atomic E-state index is 0.115. The van der Waals surface area contributed by atoms with Crippen LogP contribution in [0.5, 0.6) is 0 Å². The number of carbonyl (C=O) groups is 1. The van der Waals surface area contributed by atoms with Gasteiger partial charge in [-0.2, -0.15) is 13.1 Å². The van der Waals surface area contributed by atoms with Crippen molar-refractivity contribution in [2.24, 2.45) is 0 Å². The molecule has 1 amide bonds. The molecule has 126 valence electrons. The molecule has 1 aromatic carbocycles. The predicted octanol–water partition coefficient (Wildman–Crippen LogP) is 0.860. The highest BCUT2D eigenvalue weighted by molar-refractivity contribution is 7.90. The Kier molecular flexibility index (Phi) is 4.68. The van der Waals surface area contributed by atoms with Gasteiger partial charge in [-0.3, -0.25) is 9.79 Å². The van der Waals surface area contributed by atoms with Gasteiger partial charge in [0.25, 0.3) is 11.7 Å². The van der Waals surface area contributed by atoms with E-state index in [9.17, 15) is 13.2 Å². The second kappa shape index (κ2) is 6.74. The molecule has 8 heteroatoms. The fourth-order valence-electron chi connectivity index (χ4n) is 2.44. The molecule has 1 aliphatic rings. The highest BCUT2D eigenvalue weighted by Crippen LogP contribution is 2.20. The standard InChI is InChI=1S/C16H17N3O3S2/c1-11-7-9-23-15(11)16(20)18-12-4-2-5-13(10-12)24(21,22)19-14-6-3-8-17-14/h2,4-5,7,9-10H,3,6,8H2,1H3,(H,17,19)(H,18,20)/p+1. The third kappa shape index (κ3) is 3.65. The number of hydrogen-bond acceptors (Lipinski definition) is 4. The number of nitrogens with one attached hydrogen (secondary N) is 3. The summed E-state index contributed by atoms with van der Waals surface area (Å²) in [7, 11) is -3.66. The highest BCUT2D eigenvalue weighted by Gasteiger charge is 2.24. The zero-order chi connectivity index (χ0) is 17.2. The summed E-state index contributed by atoms with van der Waals surface area (Å²) in [5.74, 6) is 0.371. The number of benzene rings is 1.